The molecule has 0 fully saturated rings. The third kappa shape index (κ3) is 3.18. The summed E-state index contributed by atoms with van der Waals surface area (Å²) in [6.45, 7) is 2.76. The van der Waals surface area contributed by atoms with E-state index in [9.17, 15) is 10.1 Å². The second-order valence-electron chi connectivity index (χ2n) is 3.78. The van der Waals surface area contributed by atoms with Crippen LogP contribution in [0.2, 0.25) is 0 Å². The first-order chi connectivity index (χ1) is 8.63. The van der Waals surface area contributed by atoms with Gasteiger partial charge in [0, 0.05) is 19.2 Å². The number of hydrogen-bond acceptors (Lipinski definition) is 5. The minimum absolute atomic E-state index is 0.0455. The fourth-order valence-corrected chi connectivity index (χ4v) is 1.74. The highest BCUT2D eigenvalue weighted by atomic mass is 16.6. The van der Waals surface area contributed by atoms with E-state index in [1.807, 2.05) is 13.0 Å². The zero-order valence-corrected chi connectivity index (χ0v) is 10.2. The molecule has 0 aliphatic carbocycles. The number of benzene rings is 1. The second-order valence-corrected chi connectivity index (χ2v) is 3.78. The number of nitriles is 1. The van der Waals surface area contributed by atoms with Crippen LogP contribution in [-0.4, -0.2) is 29.7 Å². The molecule has 18 heavy (non-hydrogen) atoms. The van der Waals surface area contributed by atoms with Gasteiger partial charge in [-0.05, 0) is 18.6 Å². The second kappa shape index (κ2) is 6.57. The first kappa shape index (κ1) is 13.9. The van der Waals surface area contributed by atoms with Gasteiger partial charge in [-0.15, -0.1) is 0 Å². The molecule has 96 valence electrons. The molecule has 0 spiro atoms. The fourth-order valence-electron chi connectivity index (χ4n) is 1.74. The van der Waals surface area contributed by atoms with Crippen LogP contribution in [0.25, 0.3) is 0 Å². The number of hydrogen-bond donors (Lipinski definition) is 1. The van der Waals surface area contributed by atoms with Gasteiger partial charge in [0.1, 0.15) is 5.69 Å². The zero-order valence-electron chi connectivity index (χ0n) is 10.2. The van der Waals surface area contributed by atoms with Crippen molar-refractivity contribution in [1.29, 1.82) is 5.26 Å². The Morgan fingerprint density at radius 3 is 2.72 bits per heavy atom. The van der Waals surface area contributed by atoms with Crippen molar-refractivity contribution in [2.24, 2.45) is 0 Å². The Bertz CT molecular complexity index is 462. The molecule has 6 nitrogen and oxygen atoms in total. The minimum atomic E-state index is -0.476. The first-order valence-electron chi connectivity index (χ1n) is 5.68. The van der Waals surface area contributed by atoms with E-state index in [4.69, 9.17) is 10.4 Å². The van der Waals surface area contributed by atoms with Crippen molar-refractivity contribution in [3.8, 4) is 6.07 Å². The van der Waals surface area contributed by atoms with Crippen LogP contribution in [0.3, 0.4) is 0 Å². The molecule has 6 heteroatoms. The molecular weight excluding hydrogens is 234 g/mol. The van der Waals surface area contributed by atoms with E-state index in [1.54, 1.807) is 4.90 Å². The summed E-state index contributed by atoms with van der Waals surface area (Å²) in [4.78, 5) is 12.2. The summed E-state index contributed by atoms with van der Waals surface area (Å²) in [5.41, 5.74) is 0.709. The summed E-state index contributed by atoms with van der Waals surface area (Å²) in [5.74, 6) is 0. The first-order valence-corrected chi connectivity index (χ1v) is 5.68. The van der Waals surface area contributed by atoms with Gasteiger partial charge in [-0.2, -0.15) is 5.26 Å². The molecule has 1 N–H and O–H groups in total. The lowest BCUT2D eigenvalue weighted by atomic mass is 10.1. The van der Waals surface area contributed by atoms with Crippen molar-refractivity contribution in [2.45, 2.75) is 13.3 Å². The van der Waals surface area contributed by atoms with Crippen LogP contribution in [0.1, 0.15) is 18.9 Å². The van der Waals surface area contributed by atoms with E-state index in [2.05, 4.69) is 0 Å². The number of nitrogens with zero attached hydrogens (tertiary/aromatic N) is 3. The van der Waals surface area contributed by atoms with Crippen molar-refractivity contribution in [1.82, 2.24) is 0 Å². The molecular formula is C12H15N3O3. The standard InChI is InChI=1S/C12H15N3O3/c1-2-5-14(6-7-16)12-8-10(9-13)3-4-11(12)15(17)18/h3-4,8,16H,2,5-7H2,1H3. The Balaban J connectivity index is 3.23. The Hall–Kier alpha value is -2.13. The molecule has 0 saturated carbocycles. The maximum Gasteiger partial charge on any atom is 0.292 e. The molecule has 0 unspecified atom stereocenters. The van der Waals surface area contributed by atoms with Gasteiger partial charge >= 0.3 is 0 Å². The lowest BCUT2D eigenvalue weighted by molar-refractivity contribution is -0.384. The van der Waals surface area contributed by atoms with Gasteiger partial charge in [-0.25, -0.2) is 0 Å². The zero-order chi connectivity index (χ0) is 13.5. The van der Waals surface area contributed by atoms with Crippen LogP contribution < -0.4 is 4.90 Å². The van der Waals surface area contributed by atoms with E-state index in [1.165, 1.54) is 18.2 Å². The van der Waals surface area contributed by atoms with Crippen LogP contribution in [0.4, 0.5) is 11.4 Å². The van der Waals surface area contributed by atoms with E-state index < -0.39 is 4.92 Å². The number of aliphatic hydroxyl groups excluding tert-OH is 1. The van der Waals surface area contributed by atoms with Crippen molar-refractivity contribution in [3.63, 3.8) is 0 Å². The van der Waals surface area contributed by atoms with Crippen molar-refractivity contribution in [2.75, 3.05) is 24.6 Å². The molecule has 0 saturated heterocycles. The number of rotatable bonds is 6. The van der Waals surface area contributed by atoms with E-state index in [0.29, 0.717) is 24.3 Å². The Morgan fingerprint density at radius 1 is 1.50 bits per heavy atom. The predicted molar refractivity (Wildman–Crippen MR) is 67.4 cm³/mol. The lowest BCUT2D eigenvalue weighted by Crippen LogP contribution is -2.28. The van der Waals surface area contributed by atoms with Gasteiger partial charge in [-0.1, -0.05) is 6.92 Å². The average molecular weight is 249 g/mol. The maximum atomic E-state index is 11.0. The summed E-state index contributed by atoms with van der Waals surface area (Å²) in [5, 5.41) is 28.8. The molecule has 1 aromatic rings. The summed E-state index contributed by atoms with van der Waals surface area (Å²) in [6, 6.07) is 6.20. The Morgan fingerprint density at radius 2 is 2.22 bits per heavy atom. The largest absolute Gasteiger partial charge is 0.395 e. The molecule has 1 aromatic carbocycles. The molecule has 0 amide bonds. The minimum Gasteiger partial charge on any atom is -0.395 e. The lowest BCUT2D eigenvalue weighted by Gasteiger charge is -2.23. The molecule has 1 rings (SSSR count). The predicted octanol–water partition coefficient (Wildman–Crippen LogP) is 1.68. The maximum absolute atomic E-state index is 11.0. The van der Waals surface area contributed by atoms with Crippen molar-refractivity contribution in [3.05, 3.63) is 33.9 Å². The fraction of sp³-hybridized carbons (Fsp3) is 0.417. The molecule has 0 aliphatic rings. The van der Waals surface area contributed by atoms with Gasteiger partial charge in [-0.3, -0.25) is 10.1 Å². The molecule has 0 aromatic heterocycles. The Kier molecular flexibility index (Phi) is 5.08. The van der Waals surface area contributed by atoms with Crippen LogP contribution in [0, 0.1) is 21.4 Å². The smallest absolute Gasteiger partial charge is 0.292 e. The number of nitro groups is 1. The van der Waals surface area contributed by atoms with Crippen molar-refractivity contribution < 1.29 is 10.0 Å². The summed E-state index contributed by atoms with van der Waals surface area (Å²) in [6.07, 6.45) is 0.800. The Labute approximate surface area is 105 Å². The summed E-state index contributed by atoms with van der Waals surface area (Å²) in [7, 11) is 0. The molecule has 0 aliphatic heterocycles. The normalized spacial score (nSPS) is 9.83. The topological polar surface area (TPSA) is 90.4 Å². The van der Waals surface area contributed by atoms with Crippen LogP contribution >= 0.6 is 0 Å². The van der Waals surface area contributed by atoms with Gasteiger partial charge in [0.25, 0.3) is 5.69 Å². The highest BCUT2D eigenvalue weighted by molar-refractivity contribution is 5.66. The average Bonchev–Trinajstić information content (AvgIpc) is 2.37. The number of anilines is 1. The molecule has 0 heterocycles. The highest BCUT2D eigenvalue weighted by Gasteiger charge is 2.19. The van der Waals surface area contributed by atoms with Crippen LogP contribution in [0.5, 0.6) is 0 Å². The third-order valence-electron chi connectivity index (χ3n) is 2.51. The summed E-state index contributed by atoms with van der Waals surface area (Å²) < 4.78 is 0. The number of nitro benzene ring substituents is 1. The van der Waals surface area contributed by atoms with Gasteiger partial charge in [0.05, 0.1) is 23.2 Å². The van der Waals surface area contributed by atoms with Crippen LogP contribution in [-0.2, 0) is 0 Å². The third-order valence-corrected chi connectivity index (χ3v) is 2.51. The molecule has 0 bridgehead atoms. The summed E-state index contributed by atoms with van der Waals surface area (Å²) >= 11 is 0. The monoisotopic (exact) mass is 249 g/mol. The van der Waals surface area contributed by atoms with Gasteiger partial charge in [0.2, 0.25) is 0 Å². The molecule has 0 radical (unpaired) electrons. The van der Waals surface area contributed by atoms with E-state index in [-0.39, 0.29) is 12.3 Å². The van der Waals surface area contributed by atoms with Gasteiger partial charge < -0.3 is 10.0 Å². The van der Waals surface area contributed by atoms with Crippen LogP contribution in [0.15, 0.2) is 18.2 Å². The highest BCUT2D eigenvalue weighted by Crippen LogP contribution is 2.29. The SMILES string of the molecule is CCCN(CCO)c1cc(C#N)ccc1[N+](=O)[O-]. The van der Waals surface area contributed by atoms with E-state index >= 15 is 0 Å². The van der Waals surface area contributed by atoms with E-state index in [0.717, 1.165) is 6.42 Å². The number of aliphatic hydroxyl groups is 1. The quantitative estimate of drug-likeness (QED) is 0.611. The van der Waals surface area contributed by atoms with Gasteiger partial charge in [0.15, 0.2) is 0 Å². The van der Waals surface area contributed by atoms with Crippen molar-refractivity contribution >= 4 is 11.4 Å². The molecule has 0 atom stereocenters.